The monoisotopic (exact) mass is 340 g/mol. The highest BCUT2D eigenvalue weighted by Crippen LogP contribution is 2.32. The zero-order valence-electron chi connectivity index (χ0n) is 15.5. The van der Waals surface area contributed by atoms with E-state index in [-0.39, 0.29) is 12.6 Å². The fourth-order valence-corrected chi connectivity index (χ4v) is 2.80. The van der Waals surface area contributed by atoms with E-state index in [1.807, 2.05) is 48.5 Å². The van der Waals surface area contributed by atoms with Crippen molar-refractivity contribution in [3.63, 3.8) is 0 Å². The Kier molecular flexibility index (Phi) is 6.59. The van der Waals surface area contributed by atoms with Gasteiger partial charge in [-0.05, 0) is 28.5 Å². The molecule has 0 fully saturated rings. The molecule has 0 heterocycles. The number of rotatable bonds is 6. The molecular weight excluding hydrogens is 312 g/mol. The molecule has 3 N–H and O–H groups in total. The average molecular weight is 340 g/mol. The van der Waals surface area contributed by atoms with E-state index in [1.54, 1.807) is 0 Å². The summed E-state index contributed by atoms with van der Waals surface area (Å²) in [7, 11) is 0. The van der Waals surface area contributed by atoms with Crippen LogP contribution >= 0.6 is 0 Å². The smallest absolute Gasteiger partial charge is 0.411 e. The van der Waals surface area contributed by atoms with Crippen LogP contribution in [-0.4, -0.2) is 12.7 Å². The second-order valence-corrected chi connectivity index (χ2v) is 6.86. The van der Waals surface area contributed by atoms with E-state index < -0.39 is 6.09 Å². The fourth-order valence-electron chi connectivity index (χ4n) is 2.80. The number of hydrogen-bond acceptors (Lipinski definition) is 3. The predicted molar refractivity (Wildman–Crippen MR) is 103 cm³/mol. The van der Waals surface area contributed by atoms with Crippen molar-refractivity contribution in [2.75, 3.05) is 11.9 Å². The largest absolute Gasteiger partial charge is 0.447 e. The van der Waals surface area contributed by atoms with Crippen molar-refractivity contribution < 1.29 is 9.53 Å². The number of benzene rings is 2. The number of para-hydroxylation sites is 1. The molecule has 0 radical (unpaired) electrons. The van der Waals surface area contributed by atoms with E-state index in [2.05, 4.69) is 33.0 Å². The van der Waals surface area contributed by atoms with Crippen LogP contribution in [0.4, 0.5) is 10.5 Å². The van der Waals surface area contributed by atoms with Gasteiger partial charge in [-0.3, -0.25) is 5.32 Å². The minimum Gasteiger partial charge on any atom is -0.447 e. The minimum atomic E-state index is -0.471. The lowest BCUT2D eigenvalue weighted by atomic mass is 9.93. The molecule has 4 nitrogen and oxygen atoms in total. The first-order chi connectivity index (χ1) is 11.9. The van der Waals surface area contributed by atoms with Gasteiger partial charge in [-0.25, -0.2) is 4.79 Å². The Morgan fingerprint density at radius 1 is 0.960 bits per heavy atom. The quantitative estimate of drug-likeness (QED) is 0.761. The van der Waals surface area contributed by atoms with E-state index in [0.29, 0.717) is 11.8 Å². The third-order valence-electron chi connectivity index (χ3n) is 4.22. The molecule has 0 aromatic heterocycles. The van der Waals surface area contributed by atoms with Gasteiger partial charge in [0, 0.05) is 0 Å². The van der Waals surface area contributed by atoms with Crippen molar-refractivity contribution in [2.45, 2.75) is 45.6 Å². The normalized spacial score (nSPS) is 12.3. The van der Waals surface area contributed by atoms with Crippen molar-refractivity contribution in [3.8, 4) is 0 Å². The summed E-state index contributed by atoms with van der Waals surface area (Å²) in [5, 5.41) is 2.93. The molecule has 0 unspecified atom stereocenters. The molecule has 0 saturated heterocycles. The first kappa shape index (κ1) is 19.0. The standard InChI is InChI=1S/C21H28N2O2/c1-14(2)17-11-8-12-18(15(3)4)20(17)23-21(24)25-13-19(22)16-9-6-5-7-10-16/h5-12,14-15,19H,13,22H2,1-4H3,(H,23,24)/t19-/m0/s1. The van der Waals surface area contributed by atoms with Gasteiger partial charge in [0.05, 0.1) is 11.7 Å². The van der Waals surface area contributed by atoms with Gasteiger partial charge >= 0.3 is 6.09 Å². The Hall–Kier alpha value is -2.33. The summed E-state index contributed by atoms with van der Waals surface area (Å²) in [4.78, 5) is 12.3. The molecule has 2 aromatic rings. The first-order valence-corrected chi connectivity index (χ1v) is 8.77. The molecule has 1 atom stereocenters. The second-order valence-electron chi connectivity index (χ2n) is 6.86. The van der Waals surface area contributed by atoms with Crippen molar-refractivity contribution in [1.29, 1.82) is 0 Å². The number of nitrogens with one attached hydrogen (secondary N) is 1. The predicted octanol–water partition coefficient (Wildman–Crippen LogP) is 5.18. The van der Waals surface area contributed by atoms with Crippen LogP contribution in [0.2, 0.25) is 0 Å². The van der Waals surface area contributed by atoms with Gasteiger partial charge in [0.1, 0.15) is 6.61 Å². The zero-order chi connectivity index (χ0) is 18.4. The van der Waals surface area contributed by atoms with Gasteiger partial charge < -0.3 is 10.5 Å². The maximum absolute atomic E-state index is 12.3. The van der Waals surface area contributed by atoms with Gasteiger partial charge in [-0.2, -0.15) is 0 Å². The molecule has 4 heteroatoms. The molecule has 0 saturated carbocycles. The molecule has 25 heavy (non-hydrogen) atoms. The van der Waals surface area contributed by atoms with Crippen LogP contribution in [0, 0.1) is 0 Å². The van der Waals surface area contributed by atoms with Crippen molar-refractivity contribution >= 4 is 11.8 Å². The lowest BCUT2D eigenvalue weighted by Gasteiger charge is -2.20. The van der Waals surface area contributed by atoms with Gasteiger partial charge in [0.25, 0.3) is 0 Å². The van der Waals surface area contributed by atoms with Gasteiger partial charge in [0.2, 0.25) is 0 Å². The number of anilines is 1. The Labute approximate surface area is 150 Å². The summed E-state index contributed by atoms with van der Waals surface area (Å²) < 4.78 is 5.36. The summed E-state index contributed by atoms with van der Waals surface area (Å²) in [6.45, 7) is 8.59. The number of carbonyl (C=O) groups is 1. The third-order valence-corrected chi connectivity index (χ3v) is 4.22. The summed E-state index contributed by atoms with van der Waals surface area (Å²) in [6, 6.07) is 15.4. The Morgan fingerprint density at radius 3 is 2.04 bits per heavy atom. The third kappa shape index (κ3) is 5.07. The Morgan fingerprint density at radius 2 is 1.52 bits per heavy atom. The molecule has 0 aliphatic rings. The Balaban J connectivity index is 2.07. The highest BCUT2D eigenvalue weighted by Gasteiger charge is 2.17. The zero-order valence-corrected chi connectivity index (χ0v) is 15.5. The number of carbonyl (C=O) groups excluding carboxylic acids is 1. The number of amides is 1. The molecule has 0 bridgehead atoms. The lowest BCUT2D eigenvalue weighted by molar-refractivity contribution is 0.154. The highest BCUT2D eigenvalue weighted by molar-refractivity contribution is 5.87. The molecule has 0 aliphatic heterocycles. The molecule has 2 rings (SSSR count). The van der Waals surface area contributed by atoms with Crippen LogP contribution in [0.1, 0.15) is 62.3 Å². The van der Waals surface area contributed by atoms with Crippen molar-refractivity contribution in [2.24, 2.45) is 5.73 Å². The maximum Gasteiger partial charge on any atom is 0.411 e. The van der Waals surface area contributed by atoms with Gasteiger partial charge in [0.15, 0.2) is 0 Å². The Bertz CT molecular complexity index is 670. The fraction of sp³-hybridized carbons (Fsp3) is 0.381. The van der Waals surface area contributed by atoms with Gasteiger partial charge in [-0.1, -0.05) is 76.2 Å². The van der Waals surface area contributed by atoms with E-state index >= 15 is 0 Å². The topological polar surface area (TPSA) is 64.3 Å². The van der Waals surface area contributed by atoms with Crippen LogP contribution in [0.25, 0.3) is 0 Å². The lowest BCUT2D eigenvalue weighted by Crippen LogP contribution is -2.23. The summed E-state index contributed by atoms with van der Waals surface area (Å²) in [5.74, 6) is 0.612. The van der Waals surface area contributed by atoms with Crippen molar-refractivity contribution in [1.82, 2.24) is 0 Å². The second kappa shape index (κ2) is 8.67. The average Bonchev–Trinajstić information content (AvgIpc) is 2.60. The summed E-state index contributed by atoms with van der Waals surface area (Å²) >= 11 is 0. The van der Waals surface area contributed by atoms with Crippen LogP contribution in [0.3, 0.4) is 0 Å². The minimum absolute atomic E-state index is 0.136. The van der Waals surface area contributed by atoms with Gasteiger partial charge in [-0.15, -0.1) is 0 Å². The molecule has 0 spiro atoms. The van der Waals surface area contributed by atoms with Crippen LogP contribution in [0.15, 0.2) is 48.5 Å². The highest BCUT2D eigenvalue weighted by atomic mass is 16.5. The molecule has 1 amide bonds. The van der Waals surface area contributed by atoms with Crippen LogP contribution in [0.5, 0.6) is 0 Å². The summed E-state index contributed by atoms with van der Waals surface area (Å²) in [6.07, 6.45) is -0.471. The first-order valence-electron chi connectivity index (χ1n) is 8.77. The number of nitrogens with two attached hydrogens (primary N) is 1. The molecule has 134 valence electrons. The molecular formula is C21H28N2O2. The molecule has 0 aliphatic carbocycles. The van der Waals surface area contributed by atoms with E-state index in [0.717, 1.165) is 22.4 Å². The van der Waals surface area contributed by atoms with E-state index in [4.69, 9.17) is 10.5 Å². The van der Waals surface area contributed by atoms with Crippen LogP contribution < -0.4 is 11.1 Å². The van der Waals surface area contributed by atoms with E-state index in [1.165, 1.54) is 0 Å². The van der Waals surface area contributed by atoms with Crippen LogP contribution in [-0.2, 0) is 4.74 Å². The SMILES string of the molecule is CC(C)c1cccc(C(C)C)c1NC(=O)OC[C@H](N)c1ccccc1. The van der Waals surface area contributed by atoms with E-state index in [9.17, 15) is 4.79 Å². The number of ether oxygens (including phenoxy) is 1. The maximum atomic E-state index is 12.3. The summed E-state index contributed by atoms with van der Waals surface area (Å²) in [5.41, 5.74) is 10.1. The molecule has 2 aromatic carbocycles. The van der Waals surface area contributed by atoms with Crippen molar-refractivity contribution in [3.05, 3.63) is 65.2 Å². The number of hydrogen-bond donors (Lipinski definition) is 2.